The summed E-state index contributed by atoms with van der Waals surface area (Å²) in [5.41, 5.74) is 1.30. The van der Waals surface area contributed by atoms with Crippen LogP contribution in [0.2, 0.25) is 0 Å². The van der Waals surface area contributed by atoms with E-state index in [4.69, 9.17) is 4.74 Å². The van der Waals surface area contributed by atoms with Gasteiger partial charge < -0.3 is 15.0 Å². The Labute approximate surface area is 109 Å². The Morgan fingerprint density at radius 1 is 1.50 bits per heavy atom. The molecule has 0 atom stereocenters. The molecule has 4 nitrogen and oxygen atoms in total. The van der Waals surface area contributed by atoms with Crippen LogP contribution in [0.25, 0.3) is 0 Å². The van der Waals surface area contributed by atoms with Crippen LogP contribution in [0.4, 0.5) is 5.82 Å². The van der Waals surface area contributed by atoms with E-state index in [2.05, 4.69) is 34.3 Å². The Bertz CT molecular complexity index is 366. The van der Waals surface area contributed by atoms with Gasteiger partial charge in [-0.2, -0.15) is 0 Å². The van der Waals surface area contributed by atoms with E-state index in [-0.39, 0.29) is 0 Å². The average Bonchev–Trinajstić information content (AvgIpc) is 3.22. The smallest absolute Gasteiger partial charge is 0.129 e. The Kier molecular flexibility index (Phi) is 4.96. The molecule has 1 saturated carbocycles. The lowest BCUT2D eigenvalue weighted by Crippen LogP contribution is -2.30. The molecule has 4 heteroatoms. The van der Waals surface area contributed by atoms with E-state index in [1.165, 1.54) is 18.4 Å². The highest BCUT2D eigenvalue weighted by atomic mass is 16.5. The average molecular weight is 249 g/mol. The van der Waals surface area contributed by atoms with Crippen molar-refractivity contribution in [1.82, 2.24) is 10.3 Å². The number of methoxy groups -OCH3 is 1. The summed E-state index contributed by atoms with van der Waals surface area (Å²) in [6.07, 6.45) is 4.47. The second-order valence-electron chi connectivity index (χ2n) is 4.72. The first-order chi connectivity index (χ1) is 8.85. The predicted octanol–water partition coefficient (Wildman–Crippen LogP) is 1.81. The lowest BCUT2D eigenvalue weighted by molar-refractivity contribution is 0.204. The van der Waals surface area contributed by atoms with Gasteiger partial charge in [-0.1, -0.05) is 6.92 Å². The summed E-state index contributed by atoms with van der Waals surface area (Å²) >= 11 is 0. The minimum atomic E-state index is 0.669. The largest absolute Gasteiger partial charge is 0.383 e. The molecule has 100 valence electrons. The van der Waals surface area contributed by atoms with Crippen LogP contribution in [0.1, 0.15) is 25.3 Å². The van der Waals surface area contributed by atoms with Gasteiger partial charge in [-0.3, -0.25) is 0 Å². The maximum absolute atomic E-state index is 5.19. The highest BCUT2D eigenvalue weighted by Gasteiger charge is 2.29. The van der Waals surface area contributed by atoms with Crippen LogP contribution in [0, 0.1) is 0 Å². The van der Waals surface area contributed by atoms with Crippen LogP contribution in [0.15, 0.2) is 18.3 Å². The number of hydrogen-bond acceptors (Lipinski definition) is 4. The Hall–Kier alpha value is -1.13. The van der Waals surface area contributed by atoms with Crippen LogP contribution in [0.5, 0.6) is 0 Å². The van der Waals surface area contributed by atoms with E-state index >= 15 is 0 Å². The van der Waals surface area contributed by atoms with Gasteiger partial charge in [0.15, 0.2) is 0 Å². The van der Waals surface area contributed by atoms with E-state index in [0.717, 1.165) is 32.1 Å². The summed E-state index contributed by atoms with van der Waals surface area (Å²) in [6, 6.07) is 4.94. The molecule has 1 heterocycles. The van der Waals surface area contributed by atoms with Crippen LogP contribution in [0.3, 0.4) is 0 Å². The van der Waals surface area contributed by atoms with Gasteiger partial charge in [-0.05, 0) is 37.1 Å². The number of nitrogens with zero attached hydrogens (tertiary/aromatic N) is 2. The summed E-state index contributed by atoms with van der Waals surface area (Å²) in [5, 5.41) is 3.35. The van der Waals surface area contributed by atoms with Gasteiger partial charge in [-0.15, -0.1) is 0 Å². The number of anilines is 1. The minimum absolute atomic E-state index is 0.669. The van der Waals surface area contributed by atoms with Crippen molar-refractivity contribution in [1.29, 1.82) is 0 Å². The highest BCUT2D eigenvalue weighted by Crippen LogP contribution is 2.30. The van der Waals surface area contributed by atoms with Crippen LogP contribution in [-0.2, 0) is 11.3 Å². The molecular formula is C14H23N3O. The van der Waals surface area contributed by atoms with E-state index in [0.29, 0.717) is 6.04 Å². The SMILES string of the molecule is CCNCc1ccnc(N(CCOC)C2CC2)c1. The van der Waals surface area contributed by atoms with Gasteiger partial charge in [0.05, 0.1) is 6.61 Å². The topological polar surface area (TPSA) is 37.4 Å². The maximum atomic E-state index is 5.19. The van der Waals surface area contributed by atoms with Crippen LogP contribution < -0.4 is 10.2 Å². The van der Waals surface area contributed by atoms with Crippen molar-refractivity contribution in [2.24, 2.45) is 0 Å². The summed E-state index contributed by atoms with van der Waals surface area (Å²) in [5.74, 6) is 1.09. The molecule has 0 amide bonds. The zero-order valence-electron chi connectivity index (χ0n) is 11.4. The summed E-state index contributed by atoms with van der Waals surface area (Å²) in [6.45, 7) is 5.72. The second-order valence-corrected chi connectivity index (χ2v) is 4.72. The van der Waals surface area contributed by atoms with Crippen molar-refractivity contribution >= 4 is 5.82 Å². The van der Waals surface area contributed by atoms with E-state index in [1.54, 1.807) is 7.11 Å². The Morgan fingerprint density at radius 3 is 3.00 bits per heavy atom. The first kappa shape index (κ1) is 13.3. The zero-order valence-corrected chi connectivity index (χ0v) is 11.4. The number of aromatic nitrogens is 1. The maximum Gasteiger partial charge on any atom is 0.129 e. The molecule has 0 aliphatic heterocycles. The molecule has 1 fully saturated rings. The first-order valence-corrected chi connectivity index (χ1v) is 6.76. The fourth-order valence-electron chi connectivity index (χ4n) is 2.06. The van der Waals surface area contributed by atoms with Crippen LogP contribution in [-0.4, -0.2) is 37.8 Å². The molecule has 0 spiro atoms. The van der Waals surface area contributed by atoms with Crippen molar-refractivity contribution in [3.63, 3.8) is 0 Å². The van der Waals surface area contributed by atoms with E-state index in [9.17, 15) is 0 Å². The molecule has 2 rings (SSSR count). The monoisotopic (exact) mass is 249 g/mol. The predicted molar refractivity (Wildman–Crippen MR) is 73.9 cm³/mol. The zero-order chi connectivity index (χ0) is 12.8. The summed E-state index contributed by atoms with van der Waals surface area (Å²) in [4.78, 5) is 6.88. The van der Waals surface area contributed by atoms with Gasteiger partial charge in [0, 0.05) is 32.4 Å². The quantitative estimate of drug-likeness (QED) is 0.762. The van der Waals surface area contributed by atoms with E-state index in [1.807, 2.05) is 6.20 Å². The Morgan fingerprint density at radius 2 is 2.33 bits per heavy atom. The number of nitrogens with one attached hydrogen (secondary N) is 1. The Balaban J connectivity index is 2.03. The highest BCUT2D eigenvalue weighted by molar-refractivity contribution is 5.43. The minimum Gasteiger partial charge on any atom is -0.383 e. The first-order valence-electron chi connectivity index (χ1n) is 6.76. The van der Waals surface area contributed by atoms with Gasteiger partial charge in [-0.25, -0.2) is 4.98 Å². The van der Waals surface area contributed by atoms with Crippen LogP contribution >= 0.6 is 0 Å². The van der Waals surface area contributed by atoms with Gasteiger partial charge in [0.1, 0.15) is 5.82 Å². The lowest BCUT2D eigenvalue weighted by Gasteiger charge is -2.23. The molecule has 18 heavy (non-hydrogen) atoms. The molecule has 0 unspecified atom stereocenters. The fraction of sp³-hybridized carbons (Fsp3) is 0.643. The summed E-state index contributed by atoms with van der Waals surface area (Å²) in [7, 11) is 1.75. The number of rotatable bonds is 8. The third-order valence-electron chi connectivity index (χ3n) is 3.21. The normalized spacial score (nSPS) is 14.8. The molecule has 1 N–H and O–H groups in total. The molecule has 0 radical (unpaired) electrons. The number of hydrogen-bond donors (Lipinski definition) is 1. The van der Waals surface area contributed by atoms with Crippen molar-refractivity contribution < 1.29 is 4.74 Å². The summed E-state index contributed by atoms with van der Waals surface area (Å²) < 4.78 is 5.19. The molecule has 0 saturated heterocycles. The van der Waals surface area contributed by atoms with Crippen molar-refractivity contribution in [3.8, 4) is 0 Å². The second kappa shape index (κ2) is 6.71. The molecule has 1 aromatic rings. The third kappa shape index (κ3) is 3.68. The van der Waals surface area contributed by atoms with Gasteiger partial charge in [0.2, 0.25) is 0 Å². The molecule has 0 aromatic carbocycles. The van der Waals surface area contributed by atoms with Crippen molar-refractivity contribution in [3.05, 3.63) is 23.9 Å². The number of ether oxygens (including phenoxy) is 1. The van der Waals surface area contributed by atoms with E-state index < -0.39 is 0 Å². The molecule has 0 bridgehead atoms. The number of pyridine rings is 1. The van der Waals surface area contributed by atoms with Crippen molar-refractivity contribution in [2.75, 3.05) is 31.7 Å². The molecular weight excluding hydrogens is 226 g/mol. The molecule has 1 aliphatic rings. The van der Waals surface area contributed by atoms with Gasteiger partial charge in [0.25, 0.3) is 0 Å². The standard InChI is InChI=1S/C14H23N3O/c1-3-15-11-12-6-7-16-14(10-12)17(8-9-18-2)13-4-5-13/h6-7,10,13,15H,3-5,8-9,11H2,1-2H3. The molecule has 1 aliphatic carbocycles. The fourth-order valence-corrected chi connectivity index (χ4v) is 2.06. The molecule has 1 aromatic heterocycles. The lowest BCUT2D eigenvalue weighted by atomic mass is 10.2. The van der Waals surface area contributed by atoms with Crippen molar-refractivity contribution in [2.45, 2.75) is 32.4 Å². The third-order valence-corrected chi connectivity index (χ3v) is 3.21. The van der Waals surface area contributed by atoms with Gasteiger partial charge >= 0.3 is 0 Å².